The van der Waals surface area contributed by atoms with Crippen LogP contribution in [0.2, 0.25) is 0 Å². The Morgan fingerprint density at radius 1 is 1.06 bits per heavy atom. The largest absolute Gasteiger partial charge is 0.457 e. The number of ether oxygens (including phenoxy) is 1. The highest BCUT2D eigenvalue weighted by molar-refractivity contribution is 5.96. The molecule has 0 radical (unpaired) electrons. The zero-order valence-electron chi connectivity index (χ0n) is 18.0. The van der Waals surface area contributed by atoms with Gasteiger partial charge in [0, 0.05) is 12.1 Å². The van der Waals surface area contributed by atoms with Crippen molar-refractivity contribution in [1.29, 1.82) is 5.26 Å². The van der Waals surface area contributed by atoms with Gasteiger partial charge in [0.25, 0.3) is 5.91 Å². The van der Waals surface area contributed by atoms with Crippen LogP contribution in [-0.4, -0.2) is 28.0 Å². The monoisotopic (exact) mass is 440 g/mol. The highest BCUT2D eigenvalue weighted by Gasteiger charge is 2.27. The number of carbonyl (C=O) groups is 1. The lowest BCUT2D eigenvalue weighted by molar-refractivity contribution is -0.117. The van der Waals surface area contributed by atoms with Crippen LogP contribution in [0.25, 0.3) is 11.1 Å². The minimum Gasteiger partial charge on any atom is -0.457 e. The van der Waals surface area contributed by atoms with Crippen LogP contribution in [0.1, 0.15) is 19.3 Å². The number of hydrogen-bond donors (Lipinski definition) is 3. The van der Waals surface area contributed by atoms with E-state index in [4.69, 9.17) is 15.7 Å². The lowest BCUT2D eigenvalue weighted by Crippen LogP contribution is -2.34. The molecule has 8 heteroatoms. The van der Waals surface area contributed by atoms with E-state index in [-0.39, 0.29) is 17.7 Å². The van der Waals surface area contributed by atoms with Gasteiger partial charge >= 0.3 is 0 Å². The van der Waals surface area contributed by atoms with Crippen molar-refractivity contribution in [2.75, 3.05) is 11.1 Å². The lowest BCUT2D eigenvalue weighted by Gasteiger charge is -2.18. The number of nitrogen functional groups attached to an aromatic ring is 1. The molecule has 4 rings (SSSR count). The Balaban J connectivity index is 1.46. The molecule has 1 aliphatic rings. The van der Waals surface area contributed by atoms with E-state index in [1.807, 2.05) is 54.6 Å². The van der Waals surface area contributed by atoms with E-state index < -0.39 is 5.91 Å². The van der Waals surface area contributed by atoms with Gasteiger partial charge in [0.15, 0.2) is 0 Å². The number of benzene rings is 2. The molecule has 4 N–H and O–H groups in total. The first-order valence-electron chi connectivity index (χ1n) is 10.6. The number of hydrogen-bond acceptors (Lipinski definition) is 7. The number of nitrogens with two attached hydrogens (primary N) is 1. The number of aromatic nitrogens is 2. The Morgan fingerprint density at radius 3 is 2.48 bits per heavy atom. The van der Waals surface area contributed by atoms with Crippen LogP contribution in [0.15, 0.2) is 73.1 Å². The summed E-state index contributed by atoms with van der Waals surface area (Å²) in [5.41, 5.74) is 7.71. The predicted molar refractivity (Wildman–Crippen MR) is 126 cm³/mol. The van der Waals surface area contributed by atoms with E-state index in [1.165, 1.54) is 6.33 Å². The Labute approximate surface area is 192 Å². The summed E-state index contributed by atoms with van der Waals surface area (Å²) in [5, 5.41) is 15.1. The first-order valence-corrected chi connectivity index (χ1v) is 10.6. The molecular formula is C25H24N6O2. The number of nitriles is 1. The number of anilines is 2. The Bertz CT molecular complexity index is 1190. The minimum absolute atomic E-state index is 0.0304. The number of rotatable bonds is 7. The molecule has 1 aliphatic carbocycles. The second-order valence-electron chi connectivity index (χ2n) is 7.84. The fraction of sp³-hybridized carbons (Fsp3) is 0.200. The third-order valence-electron chi connectivity index (χ3n) is 5.52. The first kappa shape index (κ1) is 21.8. The van der Waals surface area contributed by atoms with Gasteiger partial charge in [-0.3, -0.25) is 4.79 Å². The molecular weight excluding hydrogens is 416 g/mol. The summed E-state index contributed by atoms with van der Waals surface area (Å²) in [6, 6.07) is 19.0. The van der Waals surface area contributed by atoms with Gasteiger partial charge in [-0.15, -0.1) is 0 Å². The maximum absolute atomic E-state index is 11.9. The molecule has 166 valence electrons. The molecule has 8 nitrogen and oxygen atoms in total. The SMILES string of the molecule is C=C(C#N)C(=O)N[C@@H]1CC[C@H](Nc2ncnc(N)c2-c2ccc(Oc3ccccc3)cc2)C1. The molecule has 2 atom stereocenters. The maximum atomic E-state index is 11.9. The highest BCUT2D eigenvalue weighted by atomic mass is 16.5. The topological polar surface area (TPSA) is 126 Å². The van der Waals surface area contributed by atoms with Crippen LogP contribution in [0.5, 0.6) is 11.5 Å². The fourth-order valence-electron chi connectivity index (χ4n) is 3.87. The van der Waals surface area contributed by atoms with Crippen molar-refractivity contribution in [3.8, 4) is 28.7 Å². The molecule has 1 fully saturated rings. The molecule has 1 aromatic heterocycles. The van der Waals surface area contributed by atoms with Crippen molar-refractivity contribution >= 4 is 17.5 Å². The van der Waals surface area contributed by atoms with Crippen LogP contribution in [0, 0.1) is 11.3 Å². The number of amides is 1. The Kier molecular flexibility index (Phi) is 6.51. The van der Waals surface area contributed by atoms with Gasteiger partial charge < -0.3 is 21.1 Å². The molecule has 0 unspecified atom stereocenters. The third-order valence-corrected chi connectivity index (χ3v) is 5.52. The van der Waals surface area contributed by atoms with E-state index in [2.05, 4.69) is 27.2 Å². The molecule has 0 bridgehead atoms. The second kappa shape index (κ2) is 9.83. The summed E-state index contributed by atoms with van der Waals surface area (Å²) in [6.45, 7) is 3.46. The summed E-state index contributed by atoms with van der Waals surface area (Å²) in [7, 11) is 0. The van der Waals surface area contributed by atoms with Gasteiger partial charge in [0.2, 0.25) is 0 Å². The van der Waals surface area contributed by atoms with Crippen LogP contribution < -0.4 is 21.1 Å². The van der Waals surface area contributed by atoms with Crippen LogP contribution in [-0.2, 0) is 4.79 Å². The average Bonchev–Trinajstić information content (AvgIpc) is 3.26. The van der Waals surface area contributed by atoms with E-state index in [0.29, 0.717) is 29.4 Å². The molecule has 1 amide bonds. The quantitative estimate of drug-likeness (QED) is 0.374. The van der Waals surface area contributed by atoms with E-state index in [0.717, 1.165) is 24.2 Å². The van der Waals surface area contributed by atoms with Gasteiger partial charge in [-0.2, -0.15) is 5.26 Å². The van der Waals surface area contributed by atoms with Gasteiger partial charge in [0.1, 0.15) is 41.1 Å². The van der Waals surface area contributed by atoms with E-state index in [9.17, 15) is 4.79 Å². The third kappa shape index (κ3) is 5.28. The highest BCUT2D eigenvalue weighted by Crippen LogP contribution is 2.34. The van der Waals surface area contributed by atoms with Crippen molar-refractivity contribution < 1.29 is 9.53 Å². The Morgan fingerprint density at radius 2 is 1.76 bits per heavy atom. The van der Waals surface area contributed by atoms with Crippen molar-refractivity contribution in [3.63, 3.8) is 0 Å². The molecule has 1 heterocycles. The lowest BCUT2D eigenvalue weighted by atomic mass is 10.1. The Hall–Kier alpha value is -4.38. The smallest absolute Gasteiger partial charge is 0.261 e. The summed E-state index contributed by atoms with van der Waals surface area (Å²) in [5.74, 6) is 2.06. The van der Waals surface area contributed by atoms with Gasteiger partial charge in [0.05, 0.1) is 5.56 Å². The fourth-order valence-corrected chi connectivity index (χ4v) is 3.87. The standard InChI is InChI=1S/C25H24N6O2/c1-16(14-26)25(32)31-19-10-9-18(13-19)30-24-22(23(27)28-15-29-24)17-7-11-21(12-8-17)33-20-5-3-2-4-6-20/h2-8,11-12,15,18-19H,1,9-10,13H2,(H,31,32)(H3,27,28,29,30)/t18-,19+/m0/s1. The zero-order chi connectivity index (χ0) is 23.2. The zero-order valence-corrected chi connectivity index (χ0v) is 18.0. The van der Waals surface area contributed by atoms with Crippen molar-refractivity contribution in [1.82, 2.24) is 15.3 Å². The average molecular weight is 441 g/mol. The molecule has 0 aliphatic heterocycles. The number of carbonyl (C=O) groups excluding carboxylic acids is 1. The molecule has 2 aromatic carbocycles. The van der Waals surface area contributed by atoms with Crippen molar-refractivity contribution in [2.24, 2.45) is 0 Å². The van der Waals surface area contributed by atoms with Gasteiger partial charge in [-0.05, 0) is 49.1 Å². The molecule has 33 heavy (non-hydrogen) atoms. The normalized spacial score (nSPS) is 17.1. The number of para-hydroxylation sites is 1. The molecule has 0 saturated heterocycles. The second-order valence-corrected chi connectivity index (χ2v) is 7.84. The van der Waals surface area contributed by atoms with Gasteiger partial charge in [-0.25, -0.2) is 9.97 Å². The number of nitrogens with one attached hydrogen (secondary N) is 2. The summed E-state index contributed by atoms with van der Waals surface area (Å²) >= 11 is 0. The molecule has 0 spiro atoms. The van der Waals surface area contributed by atoms with Crippen LogP contribution in [0.3, 0.4) is 0 Å². The maximum Gasteiger partial charge on any atom is 0.261 e. The summed E-state index contributed by atoms with van der Waals surface area (Å²) in [6.07, 6.45) is 3.78. The first-order chi connectivity index (χ1) is 16.0. The molecule has 3 aromatic rings. The summed E-state index contributed by atoms with van der Waals surface area (Å²) < 4.78 is 5.87. The minimum atomic E-state index is -0.423. The van der Waals surface area contributed by atoms with Crippen molar-refractivity contribution in [2.45, 2.75) is 31.3 Å². The van der Waals surface area contributed by atoms with E-state index in [1.54, 1.807) is 6.07 Å². The number of nitrogens with zero attached hydrogens (tertiary/aromatic N) is 3. The molecule has 1 saturated carbocycles. The summed E-state index contributed by atoms with van der Waals surface area (Å²) in [4.78, 5) is 20.5. The van der Waals surface area contributed by atoms with Crippen molar-refractivity contribution in [3.05, 3.63) is 73.1 Å². The van der Waals surface area contributed by atoms with Crippen LogP contribution in [0.4, 0.5) is 11.6 Å². The predicted octanol–water partition coefficient (Wildman–Crippen LogP) is 4.05. The van der Waals surface area contributed by atoms with Crippen LogP contribution >= 0.6 is 0 Å². The van der Waals surface area contributed by atoms with Gasteiger partial charge in [-0.1, -0.05) is 36.9 Å². The van der Waals surface area contributed by atoms with E-state index >= 15 is 0 Å².